The highest BCUT2D eigenvalue weighted by Crippen LogP contribution is 2.18. The molecule has 0 unspecified atom stereocenters. The van der Waals surface area contributed by atoms with Gasteiger partial charge < -0.3 is 10.1 Å². The van der Waals surface area contributed by atoms with E-state index in [-0.39, 0.29) is 34.8 Å². The molecule has 0 radical (unpaired) electrons. The first-order valence-corrected chi connectivity index (χ1v) is 9.88. The average molecular weight is 413 g/mol. The van der Waals surface area contributed by atoms with Crippen molar-refractivity contribution >= 4 is 27.5 Å². The van der Waals surface area contributed by atoms with Crippen molar-refractivity contribution in [2.24, 2.45) is 0 Å². The number of nitrogens with zero attached hydrogens (tertiary/aromatic N) is 3. The van der Waals surface area contributed by atoms with Gasteiger partial charge in [-0.2, -0.15) is 4.31 Å². The summed E-state index contributed by atoms with van der Waals surface area (Å²) in [7, 11) is -0.719. The molecule has 1 aromatic carbocycles. The summed E-state index contributed by atoms with van der Waals surface area (Å²) < 4.78 is 31.2. The number of hydrogen-bond acceptors (Lipinski definition) is 6. The fourth-order valence-electron chi connectivity index (χ4n) is 2.22. The van der Waals surface area contributed by atoms with E-state index in [1.54, 1.807) is 7.11 Å². The fourth-order valence-corrected chi connectivity index (χ4v) is 3.47. The third-order valence-corrected chi connectivity index (χ3v) is 5.72. The summed E-state index contributed by atoms with van der Waals surface area (Å²) >= 11 is 5.79. The Balaban J connectivity index is 2.05. The van der Waals surface area contributed by atoms with E-state index in [0.717, 1.165) is 4.31 Å². The average Bonchev–Trinajstić information content (AvgIpc) is 2.62. The van der Waals surface area contributed by atoms with Gasteiger partial charge in [0.25, 0.3) is 5.91 Å². The second-order valence-corrected chi connectivity index (χ2v) is 8.41. The minimum Gasteiger partial charge on any atom is -0.383 e. The molecule has 1 amide bonds. The molecule has 1 atom stereocenters. The van der Waals surface area contributed by atoms with Gasteiger partial charge in [0.2, 0.25) is 10.0 Å². The molecule has 0 bridgehead atoms. The van der Waals surface area contributed by atoms with Crippen LogP contribution in [-0.2, 0) is 21.3 Å². The number of hydrogen-bond donors (Lipinski definition) is 1. The van der Waals surface area contributed by atoms with Crippen LogP contribution in [0, 0.1) is 0 Å². The lowest BCUT2D eigenvalue weighted by atomic mass is 10.3. The summed E-state index contributed by atoms with van der Waals surface area (Å²) in [4.78, 5) is 20.4. The summed E-state index contributed by atoms with van der Waals surface area (Å²) in [5.74, 6) is -0.0511. The number of carbonyl (C=O) groups excluding carboxylic acids is 1. The number of rotatable bonds is 8. The van der Waals surface area contributed by atoms with Crippen molar-refractivity contribution in [3.8, 4) is 0 Å². The van der Waals surface area contributed by atoms with Crippen molar-refractivity contribution in [2.45, 2.75) is 24.4 Å². The zero-order chi connectivity index (χ0) is 20.0. The van der Waals surface area contributed by atoms with E-state index in [4.69, 9.17) is 16.3 Å². The second kappa shape index (κ2) is 9.23. The first-order valence-electron chi connectivity index (χ1n) is 8.06. The second-order valence-electron chi connectivity index (χ2n) is 5.93. The van der Waals surface area contributed by atoms with Crippen LogP contribution >= 0.6 is 11.6 Å². The largest absolute Gasteiger partial charge is 0.383 e. The highest BCUT2D eigenvalue weighted by molar-refractivity contribution is 7.89. The van der Waals surface area contributed by atoms with E-state index >= 15 is 0 Å². The maximum Gasteiger partial charge on any atom is 0.254 e. The van der Waals surface area contributed by atoms with E-state index in [1.807, 2.05) is 6.92 Å². The lowest BCUT2D eigenvalue weighted by Gasteiger charge is -2.16. The predicted octanol–water partition coefficient (Wildman–Crippen LogP) is 1.72. The number of sulfonamides is 1. The Morgan fingerprint density at radius 1 is 1.26 bits per heavy atom. The van der Waals surface area contributed by atoms with Crippen LogP contribution in [0.15, 0.2) is 41.6 Å². The summed E-state index contributed by atoms with van der Waals surface area (Å²) in [5, 5.41) is 3.20. The molecule has 146 valence electrons. The molecule has 1 N–H and O–H groups in total. The zero-order valence-electron chi connectivity index (χ0n) is 15.2. The molecule has 0 aliphatic heterocycles. The molecule has 1 heterocycles. The smallest absolute Gasteiger partial charge is 0.254 e. The van der Waals surface area contributed by atoms with Gasteiger partial charge in [0.15, 0.2) is 0 Å². The number of aromatic nitrogens is 2. The van der Waals surface area contributed by atoms with Gasteiger partial charge in [-0.1, -0.05) is 11.6 Å². The standard InChI is InChI=1S/C17H21ClN4O4S/c1-12(11-26-3)21-17(23)13-8-19-16(20-9-13)10-22(2)27(24,25)15-6-4-14(18)5-7-15/h4-9,12H,10-11H2,1-3H3,(H,21,23)/t12-/m1/s1. The molecular weight excluding hydrogens is 392 g/mol. The van der Waals surface area contributed by atoms with Crippen LogP contribution in [0.1, 0.15) is 23.1 Å². The SMILES string of the molecule is COC[C@@H](C)NC(=O)c1cnc(CN(C)S(=O)(=O)c2ccc(Cl)cc2)nc1. The molecule has 0 fully saturated rings. The minimum absolute atomic E-state index is 0.0348. The van der Waals surface area contributed by atoms with Crippen LogP contribution in [0.3, 0.4) is 0 Å². The number of amides is 1. The number of benzene rings is 1. The van der Waals surface area contributed by atoms with Gasteiger partial charge in [-0.15, -0.1) is 0 Å². The molecule has 0 saturated carbocycles. The molecular formula is C17H21ClN4O4S. The van der Waals surface area contributed by atoms with Crippen LogP contribution in [0.2, 0.25) is 5.02 Å². The molecule has 0 spiro atoms. The van der Waals surface area contributed by atoms with Crippen molar-refractivity contribution in [2.75, 3.05) is 20.8 Å². The van der Waals surface area contributed by atoms with Gasteiger partial charge in [-0.3, -0.25) is 4.79 Å². The Kier molecular flexibility index (Phi) is 7.25. The maximum absolute atomic E-state index is 12.6. The Morgan fingerprint density at radius 3 is 2.41 bits per heavy atom. The van der Waals surface area contributed by atoms with Crippen LogP contribution in [0.25, 0.3) is 0 Å². The normalized spacial score (nSPS) is 12.8. The molecule has 8 nitrogen and oxygen atoms in total. The molecule has 10 heteroatoms. The third-order valence-electron chi connectivity index (χ3n) is 3.65. The number of halogens is 1. The molecule has 2 rings (SSSR count). The van der Waals surface area contributed by atoms with E-state index in [9.17, 15) is 13.2 Å². The van der Waals surface area contributed by atoms with Gasteiger partial charge in [-0.05, 0) is 31.2 Å². The van der Waals surface area contributed by atoms with E-state index in [1.165, 1.54) is 43.7 Å². The van der Waals surface area contributed by atoms with Crippen molar-refractivity contribution in [3.63, 3.8) is 0 Å². The zero-order valence-corrected chi connectivity index (χ0v) is 16.8. The van der Waals surface area contributed by atoms with Crippen LogP contribution < -0.4 is 5.32 Å². The lowest BCUT2D eigenvalue weighted by Crippen LogP contribution is -2.35. The summed E-state index contributed by atoms with van der Waals surface area (Å²) in [6, 6.07) is 5.73. The Labute approximate surface area is 163 Å². The van der Waals surface area contributed by atoms with Gasteiger partial charge in [0.1, 0.15) is 5.82 Å². The van der Waals surface area contributed by atoms with Gasteiger partial charge in [-0.25, -0.2) is 18.4 Å². The van der Waals surface area contributed by atoms with Gasteiger partial charge >= 0.3 is 0 Å². The van der Waals surface area contributed by atoms with E-state index in [0.29, 0.717) is 11.6 Å². The summed E-state index contributed by atoms with van der Waals surface area (Å²) in [6.45, 7) is 2.16. The number of methoxy groups -OCH3 is 1. The highest BCUT2D eigenvalue weighted by atomic mass is 35.5. The van der Waals surface area contributed by atoms with Crippen molar-refractivity contribution in [1.82, 2.24) is 19.6 Å². The topological polar surface area (TPSA) is 101 Å². The predicted molar refractivity (Wildman–Crippen MR) is 101 cm³/mol. The molecule has 2 aromatic rings. The summed E-state index contributed by atoms with van der Waals surface area (Å²) in [6.07, 6.45) is 2.72. The molecule has 0 aliphatic rings. The van der Waals surface area contributed by atoms with Crippen molar-refractivity contribution < 1.29 is 17.9 Å². The lowest BCUT2D eigenvalue weighted by molar-refractivity contribution is 0.0904. The fraction of sp³-hybridized carbons (Fsp3) is 0.353. The van der Waals surface area contributed by atoms with Crippen LogP contribution in [0.5, 0.6) is 0 Å². The molecule has 0 saturated heterocycles. The third kappa shape index (κ3) is 5.70. The molecule has 0 aliphatic carbocycles. The maximum atomic E-state index is 12.6. The Morgan fingerprint density at radius 2 is 1.85 bits per heavy atom. The van der Waals surface area contributed by atoms with Crippen molar-refractivity contribution in [3.05, 3.63) is 53.1 Å². The van der Waals surface area contributed by atoms with Gasteiger partial charge in [0, 0.05) is 37.6 Å². The van der Waals surface area contributed by atoms with E-state index in [2.05, 4.69) is 15.3 Å². The first-order chi connectivity index (χ1) is 12.7. The molecule has 27 heavy (non-hydrogen) atoms. The van der Waals surface area contributed by atoms with Gasteiger partial charge in [0.05, 0.1) is 23.6 Å². The van der Waals surface area contributed by atoms with Crippen LogP contribution in [-0.4, -0.2) is 55.4 Å². The summed E-state index contributed by atoms with van der Waals surface area (Å²) in [5.41, 5.74) is 0.282. The van der Waals surface area contributed by atoms with Crippen molar-refractivity contribution in [1.29, 1.82) is 0 Å². The number of nitrogens with one attached hydrogen (secondary N) is 1. The van der Waals surface area contributed by atoms with E-state index < -0.39 is 10.0 Å². The number of carbonyl (C=O) groups is 1. The Bertz CT molecular complexity index is 873. The monoisotopic (exact) mass is 412 g/mol. The Hall–Kier alpha value is -2.07. The molecule has 1 aromatic heterocycles. The number of ether oxygens (including phenoxy) is 1. The first kappa shape index (κ1) is 21.2. The quantitative estimate of drug-likeness (QED) is 0.708. The van der Waals surface area contributed by atoms with Crippen LogP contribution in [0.4, 0.5) is 0 Å². The minimum atomic E-state index is -3.70. The highest BCUT2D eigenvalue weighted by Gasteiger charge is 2.22.